The Morgan fingerprint density at radius 3 is 2.93 bits per heavy atom. The number of rotatable bonds is 3. The minimum absolute atomic E-state index is 0.510. The molecule has 0 spiro atoms. The lowest BCUT2D eigenvalue weighted by atomic mass is 10.3. The van der Waals surface area contributed by atoms with Crippen LogP contribution in [0.1, 0.15) is 11.5 Å². The number of hydrogen-bond acceptors (Lipinski definition) is 4. The Morgan fingerprint density at radius 1 is 1.40 bits per heavy atom. The number of nitrogens with one attached hydrogen (secondary N) is 1. The first kappa shape index (κ1) is 9.58. The van der Waals surface area contributed by atoms with Crippen LogP contribution in [-0.4, -0.2) is 4.98 Å². The number of pyridine rings is 1. The van der Waals surface area contributed by atoms with Crippen LogP contribution in [0.25, 0.3) is 0 Å². The zero-order valence-corrected chi connectivity index (χ0v) is 8.53. The summed E-state index contributed by atoms with van der Waals surface area (Å²) in [6, 6.07) is 7.55. The van der Waals surface area contributed by atoms with Crippen LogP contribution in [0.4, 0.5) is 11.5 Å². The van der Waals surface area contributed by atoms with E-state index in [0.717, 1.165) is 17.2 Å². The molecule has 0 aliphatic carbocycles. The lowest BCUT2D eigenvalue weighted by molar-refractivity contribution is 0.490. The van der Waals surface area contributed by atoms with Crippen LogP contribution in [0.3, 0.4) is 0 Å². The van der Waals surface area contributed by atoms with Crippen LogP contribution >= 0.6 is 0 Å². The first-order valence-electron chi connectivity index (χ1n) is 4.75. The van der Waals surface area contributed by atoms with Crippen molar-refractivity contribution in [2.24, 2.45) is 0 Å². The summed E-state index contributed by atoms with van der Waals surface area (Å²) in [6.45, 7) is 2.57. The molecule has 0 bridgehead atoms. The van der Waals surface area contributed by atoms with Crippen LogP contribution in [0.5, 0.6) is 0 Å². The smallest absolute Gasteiger partial charge is 0.125 e. The Labute approximate surface area is 88.1 Å². The molecule has 0 fully saturated rings. The van der Waals surface area contributed by atoms with Crippen molar-refractivity contribution in [2.45, 2.75) is 13.5 Å². The summed E-state index contributed by atoms with van der Waals surface area (Å²) in [5, 5.41) is 3.20. The van der Waals surface area contributed by atoms with Crippen LogP contribution < -0.4 is 11.1 Å². The topological polar surface area (TPSA) is 64.1 Å². The van der Waals surface area contributed by atoms with Gasteiger partial charge in [-0.15, -0.1) is 0 Å². The van der Waals surface area contributed by atoms with Gasteiger partial charge in [0.15, 0.2) is 0 Å². The third-order valence-electron chi connectivity index (χ3n) is 2.04. The first-order chi connectivity index (χ1) is 7.24. The van der Waals surface area contributed by atoms with E-state index < -0.39 is 0 Å². The van der Waals surface area contributed by atoms with Crippen molar-refractivity contribution in [3.8, 4) is 0 Å². The number of aryl methyl sites for hydroxylation is 1. The number of aromatic nitrogens is 1. The Balaban J connectivity index is 1.99. The third kappa shape index (κ3) is 2.49. The van der Waals surface area contributed by atoms with Crippen LogP contribution in [0, 0.1) is 6.92 Å². The number of anilines is 2. The summed E-state index contributed by atoms with van der Waals surface area (Å²) in [5.74, 6) is 2.33. The quantitative estimate of drug-likeness (QED) is 0.802. The maximum absolute atomic E-state index is 5.56. The molecule has 4 nitrogen and oxygen atoms in total. The fraction of sp³-hybridized carbons (Fsp3) is 0.182. The average molecular weight is 203 g/mol. The van der Waals surface area contributed by atoms with Gasteiger partial charge in [-0.1, -0.05) is 0 Å². The molecule has 0 saturated carbocycles. The summed E-state index contributed by atoms with van der Waals surface area (Å²) >= 11 is 0. The molecule has 0 aliphatic heterocycles. The monoisotopic (exact) mass is 203 g/mol. The summed E-state index contributed by atoms with van der Waals surface area (Å²) < 4.78 is 5.43. The van der Waals surface area contributed by atoms with Gasteiger partial charge in [-0.3, -0.25) is 0 Å². The molecule has 2 aromatic heterocycles. The zero-order chi connectivity index (χ0) is 10.7. The van der Waals surface area contributed by atoms with Gasteiger partial charge in [-0.2, -0.15) is 0 Å². The van der Waals surface area contributed by atoms with Gasteiger partial charge in [0, 0.05) is 18.0 Å². The van der Waals surface area contributed by atoms with Crippen LogP contribution in [0.2, 0.25) is 0 Å². The van der Waals surface area contributed by atoms with E-state index in [0.29, 0.717) is 12.4 Å². The fourth-order valence-corrected chi connectivity index (χ4v) is 1.33. The standard InChI is InChI=1S/C11H13N3O/c1-8-2-3-10(15-8)7-14-9-4-5-13-11(12)6-9/h2-6H,7H2,1H3,(H3,12,13,14). The summed E-state index contributed by atoms with van der Waals surface area (Å²) in [7, 11) is 0. The molecule has 4 heteroatoms. The van der Waals surface area contributed by atoms with Gasteiger partial charge in [0.2, 0.25) is 0 Å². The number of furan rings is 1. The van der Waals surface area contributed by atoms with Gasteiger partial charge in [-0.05, 0) is 25.1 Å². The molecule has 3 N–H and O–H groups in total. The largest absolute Gasteiger partial charge is 0.465 e. The molecular formula is C11H13N3O. The van der Waals surface area contributed by atoms with Crippen molar-refractivity contribution in [3.05, 3.63) is 42.0 Å². The van der Waals surface area contributed by atoms with E-state index in [1.54, 1.807) is 12.3 Å². The Bertz CT molecular complexity index is 451. The Kier molecular flexibility index (Phi) is 2.58. The van der Waals surface area contributed by atoms with Crippen molar-refractivity contribution in [1.82, 2.24) is 4.98 Å². The maximum Gasteiger partial charge on any atom is 0.125 e. The summed E-state index contributed by atoms with van der Waals surface area (Å²) in [4.78, 5) is 3.91. The van der Waals surface area contributed by atoms with E-state index in [-0.39, 0.29) is 0 Å². The fourth-order valence-electron chi connectivity index (χ4n) is 1.33. The highest BCUT2D eigenvalue weighted by Crippen LogP contribution is 2.12. The molecule has 0 atom stereocenters. The molecule has 0 radical (unpaired) electrons. The minimum atomic E-state index is 0.510. The van der Waals surface area contributed by atoms with Gasteiger partial charge >= 0.3 is 0 Å². The van der Waals surface area contributed by atoms with Crippen molar-refractivity contribution in [2.75, 3.05) is 11.1 Å². The lowest BCUT2D eigenvalue weighted by Gasteiger charge is -2.04. The second-order valence-corrected chi connectivity index (χ2v) is 3.34. The average Bonchev–Trinajstić information content (AvgIpc) is 2.62. The maximum atomic E-state index is 5.56. The molecule has 2 rings (SSSR count). The van der Waals surface area contributed by atoms with Gasteiger partial charge in [0.1, 0.15) is 17.3 Å². The predicted octanol–water partition coefficient (Wildman–Crippen LogP) is 2.18. The molecule has 15 heavy (non-hydrogen) atoms. The van der Waals surface area contributed by atoms with Crippen LogP contribution in [-0.2, 0) is 6.54 Å². The van der Waals surface area contributed by atoms with Crippen molar-refractivity contribution < 1.29 is 4.42 Å². The molecule has 0 unspecified atom stereocenters. The minimum Gasteiger partial charge on any atom is -0.465 e. The lowest BCUT2D eigenvalue weighted by Crippen LogP contribution is -1.99. The van der Waals surface area contributed by atoms with E-state index >= 15 is 0 Å². The molecule has 0 aromatic carbocycles. The molecule has 2 heterocycles. The van der Waals surface area contributed by atoms with E-state index in [4.69, 9.17) is 10.2 Å². The SMILES string of the molecule is Cc1ccc(CNc2ccnc(N)c2)o1. The second-order valence-electron chi connectivity index (χ2n) is 3.34. The predicted molar refractivity (Wildman–Crippen MR) is 59.4 cm³/mol. The second kappa shape index (κ2) is 4.04. The highest BCUT2D eigenvalue weighted by atomic mass is 16.3. The Hall–Kier alpha value is -1.97. The number of nitrogens with two attached hydrogens (primary N) is 1. The zero-order valence-electron chi connectivity index (χ0n) is 8.53. The molecule has 0 saturated heterocycles. The molecule has 2 aromatic rings. The third-order valence-corrected chi connectivity index (χ3v) is 2.04. The van der Waals surface area contributed by atoms with Crippen molar-refractivity contribution >= 4 is 11.5 Å². The molecular weight excluding hydrogens is 190 g/mol. The van der Waals surface area contributed by atoms with E-state index in [2.05, 4.69) is 10.3 Å². The normalized spacial score (nSPS) is 10.2. The number of nitrogen functional groups attached to an aromatic ring is 1. The molecule has 78 valence electrons. The van der Waals surface area contributed by atoms with Crippen LogP contribution in [0.15, 0.2) is 34.9 Å². The summed E-state index contributed by atoms with van der Waals surface area (Å²) in [5.41, 5.74) is 6.50. The van der Waals surface area contributed by atoms with Gasteiger partial charge < -0.3 is 15.5 Å². The molecule has 0 amide bonds. The van der Waals surface area contributed by atoms with Gasteiger partial charge in [0.25, 0.3) is 0 Å². The van der Waals surface area contributed by atoms with Gasteiger partial charge in [0.05, 0.1) is 6.54 Å². The number of hydrogen-bond donors (Lipinski definition) is 2. The van der Waals surface area contributed by atoms with Crippen molar-refractivity contribution in [1.29, 1.82) is 0 Å². The Morgan fingerprint density at radius 2 is 2.27 bits per heavy atom. The van der Waals surface area contributed by atoms with E-state index in [1.165, 1.54) is 0 Å². The first-order valence-corrected chi connectivity index (χ1v) is 4.75. The number of nitrogens with zero attached hydrogens (tertiary/aromatic N) is 1. The van der Waals surface area contributed by atoms with E-state index in [9.17, 15) is 0 Å². The van der Waals surface area contributed by atoms with E-state index in [1.807, 2.05) is 25.1 Å². The highest BCUT2D eigenvalue weighted by molar-refractivity contribution is 5.49. The van der Waals surface area contributed by atoms with Gasteiger partial charge in [-0.25, -0.2) is 4.98 Å². The van der Waals surface area contributed by atoms with Crippen molar-refractivity contribution in [3.63, 3.8) is 0 Å². The highest BCUT2D eigenvalue weighted by Gasteiger charge is 1.98. The molecule has 0 aliphatic rings. The summed E-state index contributed by atoms with van der Waals surface area (Å²) in [6.07, 6.45) is 1.67.